The van der Waals surface area contributed by atoms with E-state index in [4.69, 9.17) is 0 Å². The van der Waals surface area contributed by atoms with Crippen molar-refractivity contribution in [1.82, 2.24) is 4.90 Å². The van der Waals surface area contributed by atoms with Crippen molar-refractivity contribution in [2.24, 2.45) is 11.8 Å². The van der Waals surface area contributed by atoms with Gasteiger partial charge in [0.15, 0.2) is 0 Å². The average molecular weight is 370 g/mol. The lowest BCUT2D eigenvalue weighted by molar-refractivity contribution is -0.146. The van der Waals surface area contributed by atoms with Crippen molar-refractivity contribution >= 4 is 23.5 Å². The number of amides is 2. The van der Waals surface area contributed by atoms with Gasteiger partial charge in [-0.15, -0.1) is 0 Å². The Hall–Kier alpha value is -2.63. The molecule has 1 aromatic carbocycles. The van der Waals surface area contributed by atoms with Crippen LogP contribution in [0.25, 0.3) is 0 Å². The van der Waals surface area contributed by atoms with E-state index in [1.807, 2.05) is 17.1 Å². The number of nitrogens with one attached hydrogen (secondary N) is 1. The van der Waals surface area contributed by atoms with Gasteiger partial charge in [0.2, 0.25) is 5.91 Å². The minimum atomic E-state index is -0.946. The summed E-state index contributed by atoms with van der Waals surface area (Å²) >= 11 is 0. The molecule has 1 aliphatic carbocycles. The van der Waals surface area contributed by atoms with Crippen LogP contribution in [-0.2, 0) is 9.59 Å². The molecule has 1 saturated heterocycles. The molecule has 27 heavy (non-hydrogen) atoms. The van der Waals surface area contributed by atoms with Gasteiger partial charge in [-0.2, -0.15) is 0 Å². The van der Waals surface area contributed by atoms with E-state index in [1.165, 1.54) is 12.8 Å². The van der Waals surface area contributed by atoms with Gasteiger partial charge >= 0.3 is 5.97 Å². The molecule has 6 nitrogen and oxygen atoms in total. The first-order chi connectivity index (χ1) is 13.1. The Balaban J connectivity index is 1.63. The van der Waals surface area contributed by atoms with Crippen molar-refractivity contribution in [3.8, 4) is 0 Å². The minimum absolute atomic E-state index is 0.0261. The number of allylic oxidation sites excluding steroid dienone is 2. The molecule has 1 aromatic rings. The minimum Gasteiger partial charge on any atom is -0.481 e. The summed E-state index contributed by atoms with van der Waals surface area (Å²) in [5.74, 6) is -2.49. The molecule has 1 heterocycles. The number of likely N-dealkylation sites (tertiary alicyclic amines) is 1. The number of carboxylic acids is 1. The molecule has 1 aliphatic heterocycles. The molecule has 2 aliphatic rings. The number of rotatable bonds is 4. The fourth-order valence-electron chi connectivity index (χ4n) is 3.76. The number of nitrogens with zero attached hydrogens (tertiary/aromatic N) is 1. The number of hydrogen-bond donors (Lipinski definition) is 2. The van der Waals surface area contributed by atoms with Crippen LogP contribution in [0.2, 0.25) is 0 Å². The van der Waals surface area contributed by atoms with Crippen LogP contribution in [0.15, 0.2) is 36.4 Å². The van der Waals surface area contributed by atoms with Gasteiger partial charge in [0.05, 0.1) is 11.8 Å². The SMILES string of the molecule is O=C(O)[C@H]1CC=CC[C@H]1C(=O)Nc1ccc(C(=O)N2CCCCCC2)cc1. The third-order valence-corrected chi connectivity index (χ3v) is 5.38. The van der Waals surface area contributed by atoms with E-state index < -0.39 is 17.8 Å². The van der Waals surface area contributed by atoms with Crippen LogP contribution in [0.3, 0.4) is 0 Å². The molecule has 6 heteroatoms. The lowest BCUT2D eigenvalue weighted by Crippen LogP contribution is -2.34. The van der Waals surface area contributed by atoms with E-state index in [1.54, 1.807) is 24.3 Å². The number of carbonyl (C=O) groups excluding carboxylic acids is 2. The summed E-state index contributed by atoms with van der Waals surface area (Å²) in [6, 6.07) is 6.85. The number of carbonyl (C=O) groups is 3. The van der Waals surface area contributed by atoms with Crippen molar-refractivity contribution < 1.29 is 19.5 Å². The molecular weight excluding hydrogens is 344 g/mol. The fourth-order valence-corrected chi connectivity index (χ4v) is 3.76. The van der Waals surface area contributed by atoms with Gasteiger partial charge in [-0.05, 0) is 49.9 Å². The van der Waals surface area contributed by atoms with E-state index in [2.05, 4.69) is 5.32 Å². The Bertz CT molecular complexity index is 718. The van der Waals surface area contributed by atoms with Gasteiger partial charge in [0, 0.05) is 24.3 Å². The highest BCUT2D eigenvalue weighted by molar-refractivity contribution is 5.97. The monoisotopic (exact) mass is 370 g/mol. The van der Waals surface area contributed by atoms with Crippen molar-refractivity contribution in [3.05, 3.63) is 42.0 Å². The maximum Gasteiger partial charge on any atom is 0.307 e. The van der Waals surface area contributed by atoms with Crippen LogP contribution in [-0.4, -0.2) is 40.9 Å². The standard InChI is InChI=1S/C21H26N2O4/c24-19(17-7-3-4-8-18(17)21(26)27)22-16-11-9-15(10-12-16)20(25)23-13-5-1-2-6-14-23/h3-4,9-12,17-18H,1-2,5-8,13-14H2,(H,22,24)(H,26,27)/t17-,18+/m1/s1. The topological polar surface area (TPSA) is 86.7 Å². The molecule has 0 aromatic heterocycles. The van der Waals surface area contributed by atoms with Crippen LogP contribution in [0.5, 0.6) is 0 Å². The highest BCUT2D eigenvalue weighted by Crippen LogP contribution is 2.27. The summed E-state index contributed by atoms with van der Waals surface area (Å²) < 4.78 is 0. The zero-order valence-corrected chi connectivity index (χ0v) is 15.4. The summed E-state index contributed by atoms with van der Waals surface area (Å²) in [5, 5.41) is 12.1. The Morgan fingerprint density at radius 3 is 2.07 bits per heavy atom. The third kappa shape index (κ3) is 4.76. The van der Waals surface area contributed by atoms with Crippen molar-refractivity contribution in [1.29, 1.82) is 0 Å². The molecule has 2 atom stereocenters. The molecule has 2 N–H and O–H groups in total. The fraction of sp³-hybridized carbons (Fsp3) is 0.476. The highest BCUT2D eigenvalue weighted by Gasteiger charge is 2.33. The van der Waals surface area contributed by atoms with E-state index in [0.717, 1.165) is 25.9 Å². The average Bonchev–Trinajstić information content (AvgIpc) is 2.97. The predicted molar refractivity (Wildman–Crippen MR) is 102 cm³/mol. The molecule has 0 radical (unpaired) electrons. The highest BCUT2D eigenvalue weighted by atomic mass is 16.4. The first-order valence-corrected chi connectivity index (χ1v) is 9.64. The third-order valence-electron chi connectivity index (χ3n) is 5.38. The van der Waals surface area contributed by atoms with Crippen LogP contribution in [0.4, 0.5) is 5.69 Å². The van der Waals surface area contributed by atoms with E-state index >= 15 is 0 Å². The molecule has 2 amide bonds. The Morgan fingerprint density at radius 1 is 0.889 bits per heavy atom. The van der Waals surface area contributed by atoms with Crippen LogP contribution >= 0.6 is 0 Å². The molecule has 0 saturated carbocycles. The Labute approximate surface area is 159 Å². The lowest BCUT2D eigenvalue weighted by Gasteiger charge is -2.24. The molecular formula is C21H26N2O4. The van der Waals surface area contributed by atoms with Crippen LogP contribution in [0.1, 0.15) is 48.9 Å². The van der Waals surface area contributed by atoms with Crippen molar-refractivity contribution in [2.45, 2.75) is 38.5 Å². The molecule has 1 fully saturated rings. The first-order valence-electron chi connectivity index (χ1n) is 9.64. The van der Waals surface area contributed by atoms with Gasteiger partial charge < -0.3 is 15.3 Å². The molecule has 0 bridgehead atoms. The summed E-state index contributed by atoms with van der Waals surface area (Å²) in [5.41, 5.74) is 1.19. The van der Waals surface area contributed by atoms with Gasteiger partial charge in [-0.1, -0.05) is 25.0 Å². The van der Waals surface area contributed by atoms with Gasteiger partial charge in [0.25, 0.3) is 5.91 Å². The second-order valence-corrected chi connectivity index (χ2v) is 7.27. The van der Waals surface area contributed by atoms with Crippen molar-refractivity contribution in [2.75, 3.05) is 18.4 Å². The number of hydrogen-bond acceptors (Lipinski definition) is 3. The maximum absolute atomic E-state index is 12.6. The van der Waals surface area contributed by atoms with Gasteiger partial charge in [-0.25, -0.2) is 0 Å². The largest absolute Gasteiger partial charge is 0.481 e. The zero-order valence-electron chi connectivity index (χ0n) is 15.4. The van der Waals surface area contributed by atoms with Gasteiger partial charge in [-0.3, -0.25) is 14.4 Å². The van der Waals surface area contributed by atoms with Crippen LogP contribution < -0.4 is 5.32 Å². The Morgan fingerprint density at radius 2 is 1.48 bits per heavy atom. The molecule has 3 rings (SSSR count). The normalized spacial score (nSPS) is 22.7. The molecule has 0 spiro atoms. The lowest BCUT2D eigenvalue weighted by atomic mass is 9.82. The smallest absolute Gasteiger partial charge is 0.307 e. The van der Waals surface area contributed by atoms with E-state index in [-0.39, 0.29) is 11.8 Å². The second kappa shape index (κ2) is 8.84. The van der Waals surface area contributed by atoms with Crippen molar-refractivity contribution in [3.63, 3.8) is 0 Å². The van der Waals surface area contributed by atoms with E-state index in [9.17, 15) is 19.5 Å². The number of benzene rings is 1. The number of anilines is 1. The quantitative estimate of drug-likeness (QED) is 0.796. The van der Waals surface area contributed by atoms with Crippen LogP contribution in [0, 0.1) is 11.8 Å². The molecule has 144 valence electrons. The summed E-state index contributed by atoms with van der Waals surface area (Å²) in [7, 11) is 0. The summed E-state index contributed by atoms with van der Waals surface area (Å²) in [6.07, 6.45) is 8.88. The van der Waals surface area contributed by atoms with E-state index in [0.29, 0.717) is 24.1 Å². The van der Waals surface area contributed by atoms with Gasteiger partial charge in [0.1, 0.15) is 0 Å². The Kier molecular flexibility index (Phi) is 6.27. The molecule has 0 unspecified atom stereocenters. The number of aliphatic carboxylic acids is 1. The zero-order chi connectivity index (χ0) is 19.2. The summed E-state index contributed by atoms with van der Waals surface area (Å²) in [6.45, 7) is 1.59. The second-order valence-electron chi connectivity index (χ2n) is 7.27. The summed E-state index contributed by atoms with van der Waals surface area (Å²) in [4.78, 5) is 38.4. The number of carboxylic acid groups (broad SMARTS) is 1. The maximum atomic E-state index is 12.6. The predicted octanol–water partition coefficient (Wildman–Crippen LogP) is 3.31. The first kappa shape index (κ1) is 19.1.